The highest BCUT2D eigenvalue weighted by molar-refractivity contribution is 9.10. The number of rotatable bonds is 5. The van der Waals surface area contributed by atoms with Crippen LogP contribution in [0.15, 0.2) is 65.4 Å². The van der Waals surface area contributed by atoms with E-state index in [2.05, 4.69) is 29.8 Å². The highest BCUT2D eigenvalue weighted by Gasteiger charge is 2.20. The smallest absolute Gasteiger partial charge is 0.344 e. The lowest BCUT2D eigenvalue weighted by molar-refractivity contribution is -0.910. The molecule has 2 N–H and O–H groups in total. The maximum Gasteiger partial charge on any atom is 0.344 e. The number of hydrogen-bond acceptors (Lipinski definition) is 5. The summed E-state index contributed by atoms with van der Waals surface area (Å²) in [6.07, 6.45) is 0. The molecule has 0 saturated carbocycles. The number of fused-ring (bicyclic) bond motifs is 2. The molecule has 0 aliphatic carbocycles. The molecule has 0 amide bonds. The average Bonchev–Trinajstić information content (AvgIpc) is 2.72. The monoisotopic (exact) mass is 470 g/mol. The Bertz CT molecular complexity index is 1370. The molecule has 4 aromatic rings. The molecule has 0 saturated heterocycles. The van der Waals surface area contributed by atoms with Crippen LogP contribution in [0.5, 0.6) is 5.75 Å². The number of phenolic OH excluding ortho intramolecular Hbond substituents is 1. The Kier molecular flexibility index (Phi) is 5.49. The molecule has 6 nitrogen and oxygen atoms in total. The average molecular weight is 471 g/mol. The lowest BCUT2D eigenvalue weighted by Crippen LogP contribution is -3.10. The van der Waals surface area contributed by atoms with Gasteiger partial charge in [0.1, 0.15) is 17.9 Å². The molecule has 30 heavy (non-hydrogen) atoms. The zero-order valence-electron chi connectivity index (χ0n) is 16.6. The number of phenols is 1. The minimum atomic E-state index is -0.590. The van der Waals surface area contributed by atoms with E-state index in [4.69, 9.17) is 8.83 Å². The molecule has 154 valence electrons. The lowest BCUT2D eigenvalue weighted by Gasteiger charge is -2.17. The van der Waals surface area contributed by atoms with Gasteiger partial charge in [-0.25, -0.2) is 9.59 Å². The topological polar surface area (TPSA) is 85.1 Å². The molecule has 0 aliphatic heterocycles. The van der Waals surface area contributed by atoms with Crippen LogP contribution in [0, 0.1) is 0 Å². The standard InChI is InChI=1S/C23H20BrNO5/c1-3-25(4-2)12-18-19(26)7-6-15-16(11-21(27)30-22(15)18)17-10-13-9-14(24)5-8-20(13)29-23(17)28/h5-11,26H,3-4,12H2,1-2H3/p+1. The van der Waals surface area contributed by atoms with E-state index in [1.54, 1.807) is 30.3 Å². The van der Waals surface area contributed by atoms with Gasteiger partial charge in [-0.05, 0) is 50.2 Å². The second kappa shape index (κ2) is 8.08. The van der Waals surface area contributed by atoms with Crippen molar-refractivity contribution in [1.29, 1.82) is 0 Å². The van der Waals surface area contributed by atoms with Crippen molar-refractivity contribution in [2.75, 3.05) is 13.1 Å². The van der Waals surface area contributed by atoms with Crippen molar-refractivity contribution in [3.8, 4) is 16.9 Å². The summed E-state index contributed by atoms with van der Waals surface area (Å²) in [6, 6.07) is 11.6. The predicted octanol–water partition coefficient (Wildman–Crippen LogP) is 3.46. The summed E-state index contributed by atoms with van der Waals surface area (Å²) in [4.78, 5) is 26.4. The molecule has 2 aromatic carbocycles. The molecule has 0 fully saturated rings. The van der Waals surface area contributed by atoms with Gasteiger partial charge >= 0.3 is 11.3 Å². The van der Waals surface area contributed by atoms with Crippen LogP contribution in [0.2, 0.25) is 0 Å². The fourth-order valence-electron chi connectivity index (χ4n) is 3.70. The molecule has 4 rings (SSSR count). The van der Waals surface area contributed by atoms with Crippen LogP contribution >= 0.6 is 15.9 Å². The number of nitrogens with one attached hydrogen (secondary N) is 1. The summed E-state index contributed by atoms with van der Waals surface area (Å²) in [5.74, 6) is 0.0664. The molecule has 0 bridgehead atoms. The first-order valence-corrected chi connectivity index (χ1v) is 10.6. The summed E-state index contributed by atoms with van der Waals surface area (Å²) >= 11 is 3.42. The van der Waals surface area contributed by atoms with Crippen LogP contribution in [0.1, 0.15) is 19.4 Å². The van der Waals surface area contributed by atoms with E-state index in [-0.39, 0.29) is 11.3 Å². The van der Waals surface area contributed by atoms with Crippen LogP contribution in [-0.4, -0.2) is 18.2 Å². The molecular formula is C23H21BrNO5+. The third-order valence-corrected chi connectivity index (χ3v) is 5.90. The van der Waals surface area contributed by atoms with Crippen LogP contribution < -0.4 is 16.2 Å². The summed E-state index contributed by atoms with van der Waals surface area (Å²) in [5, 5.41) is 11.8. The van der Waals surface area contributed by atoms with Gasteiger partial charge in [-0.3, -0.25) is 0 Å². The summed E-state index contributed by atoms with van der Waals surface area (Å²) < 4.78 is 11.8. The molecule has 2 heterocycles. The minimum absolute atomic E-state index is 0.0664. The Morgan fingerprint density at radius 2 is 1.73 bits per heavy atom. The van der Waals surface area contributed by atoms with Crippen molar-refractivity contribution in [2.45, 2.75) is 20.4 Å². The van der Waals surface area contributed by atoms with E-state index in [0.29, 0.717) is 34.2 Å². The van der Waals surface area contributed by atoms with Crippen molar-refractivity contribution in [1.82, 2.24) is 0 Å². The summed E-state index contributed by atoms with van der Waals surface area (Å²) in [7, 11) is 0. The Morgan fingerprint density at radius 1 is 0.967 bits per heavy atom. The van der Waals surface area contributed by atoms with Crippen molar-refractivity contribution >= 4 is 37.9 Å². The van der Waals surface area contributed by atoms with Gasteiger partial charge in [-0.1, -0.05) is 15.9 Å². The molecule has 0 spiro atoms. The second-order valence-corrected chi connectivity index (χ2v) is 8.10. The summed E-state index contributed by atoms with van der Waals surface area (Å²) in [5.41, 5.74) is 0.873. The van der Waals surface area contributed by atoms with Gasteiger partial charge in [0.2, 0.25) is 0 Å². The fourth-order valence-corrected chi connectivity index (χ4v) is 4.08. The summed E-state index contributed by atoms with van der Waals surface area (Å²) in [6.45, 7) is 6.34. The van der Waals surface area contributed by atoms with E-state index in [1.807, 2.05) is 6.07 Å². The first-order chi connectivity index (χ1) is 14.4. The van der Waals surface area contributed by atoms with Gasteiger partial charge in [-0.15, -0.1) is 0 Å². The molecule has 7 heteroatoms. The van der Waals surface area contributed by atoms with Crippen molar-refractivity contribution < 1.29 is 18.8 Å². The van der Waals surface area contributed by atoms with E-state index in [9.17, 15) is 14.7 Å². The normalized spacial score (nSPS) is 11.6. The predicted molar refractivity (Wildman–Crippen MR) is 119 cm³/mol. The molecular weight excluding hydrogens is 450 g/mol. The van der Waals surface area contributed by atoms with Gasteiger partial charge in [0.15, 0.2) is 5.58 Å². The number of quaternary nitrogens is 1. The van der Waals surface area contributed by atoms with Crippen LogP contribution in [-0.2, 0) is 6.54 Å². The van der Waals surface area contributed by atoms with Crippen LogP contribution in [0.3, 0.4) is 0 Å². The zero-order chi connectivity index (χ0) is 21.4. The van der Waals surface area contributed by atoms with Gasteiger partial charge in [-0.2, -0.15) is 0 Å². The van der Waals surface area contributed by atoms with Crippen LogP contribution in [0.25, 0.3) is 33.1 Å². The van der Waals surface area contributed by atoms with E-state index in [0.717, 1.165) is 22.9 Å². The minimum Gasteiger partial charge on any atom is -0.507 e. The SMILES string of the molecule is CC[NH+](CC)Cc1c(O)ccc2c(-c3cc4cc(Br)ccc4oc3=O)cc(=O)oc12. The highest BCUT2D eigenvalue weighted by Crippen LogP contribution is 2.33. The Hall–Kier alpha value is -2.90. The quantitative estimate of drug-likeness (QED) is 0.436. The Labute approximate surface area is 180 Å². The van der Waals surface area contributed by atoms with Crippen LogP contribution in [0.4, 0.5) is 0 Å². The molecule has 0 atom stereocenters. The third kappa shape index (κ3) is 3.66. The largest absolute Gasteiger partial charge is 0.507 e. The lowest BCUT2D eigenvalue weighted by atomic mass is 9.99. The van der Waals surface area contributed by atoms with Crippen molar-refractivity contribution in [3.63, 3.8) is 0 Å². The van der Waals surface area contributed by atoms with Crippen molar-refractivity contribution in [3.05, 3.63) is 73.3 Å². The number of halogens is 1. The van der Waals surface area contributed by atoms with E-state index in [1.165, 1.54) is 11.0 Å². The first-order valence-electron chi connectivity index (χ1n) is 9.77. The molecule has 0 radical (unpaired) electrons. The molecule has 0 unspecified atom stereocenters. The highest BCUT2D eigenvalue weighted by atomic mass is 79.9. The molecule has 2 aromatic heterocycles. The zero-order valence-corrected chi connectivity index (χ0v) is 18.2. The Balaban J connectivity index is 2.01. The van der Waals surface area contributed by atoms with Gasteiger partial charge in [0, 0.05) is 26.9 Å². The van der Waals surface area contributed by atoms with Crippen molar-refractivity contribution in [2.24, 2.45) is 0 Å². The second-order valence-electron chi connectivity index (χ2n) is 7.18. The van der Waals surface area contributed by atoms with Gasteiger partial charge in [0.05, 0.1) is 24.2 Å². The number of hydrogen-bond donors (Lipinski definition) is 2. The molecule has 0 aliphatic rings. The third-order valence-electron chi connectivity index (χ3n) is 5.40. The van der Waals surface area contributed by atoms with E-state index >= 15 is 0 Å². The Morgan fingerprint density at radius 3 is 2.47 bits per heavy atom. The number of benzene rings is 2. The maximum absolute atomic E-state index is 12.7. The maximum atomic E-state index is 12.7. The van der Waals surface area contributed by atoms with E-state index < -0.39 is 11.3 Å². The number of aromatic hydroxyl groups is 1. The van der Waals surface area contributed by atoms with Gasteiger partial charge < -0.3 is 18.8 Å². The first kappa shape index (κ1) is 20.4. The fraction of sp³-hybridized carbons (Fsp3) is 0.217. The van der Waals surface area contributed by atoms with Gasteiger partial charge in [0.25, 0.3) is 0 Å².